The summed E-state index contributed by atoms with van der Waals surface area (Å²) in [5, 5.41) is 12.2. The Labute approximate surface area is 116 Å². The van der Waals surface area contributed by atoms with Gasteiger partial charge in [-0.05, 0) is 25.5 Å². The molecule has 20 heavy (non-hydrogen) atoms. The number of fused-ring (bicyclic) bond motifs is 1. The summed E-state index contributed by atoms with van der Waals surface area (Å²) in [6, 6.07) is 9.44. The lowest BCUT2D eigenvalue weighted by Gasteiger charge is -2.09. The molecule has 0 saturated heterocycles. The molecule has 0 aliphatic carbocycles. The number of aliphatic carboxylic acids is 1. The zero-order valence-corrected chi connectivity index (χ0v) is 11.3. The van der Waals surface area contributed by atoms with Crippen molar-refractivity contribution in [2.24, 2.45) is 0 Å². The molecule has 0 aliphatic rings. The maximum Gasteiger partial charge on any atom is 0.303 e. The molecule has 0 aliphatic heterocycles. The van der Waals surface area contributed by atoms with Crippen LogP contribution in [-0.4, -0.2) is 23.5 Å². The Morgan fingerprint density at radius 2 is 2.10 bits per heavy atom. The van der Waals surface area contributed by atoms with Gasteiger partial charge >= 0.3 is 5.97 Å². The van der Waals surface area contributed by atoms with Crippen molar-refractivity contribution in [2.45, 2.75) is 25.7 Å². The zero-order chi connectivity index (χ0) is 14.5. The molecule has 5 heteroatoms. The minimum absolute atomic E-state index is 0.0549. The van der Waals surface area contributed by atoms with E-state index >= 15 is 0 Å². The number of carbonyl (C=O) groups excluding carboxylic acids is 1. The number of carboxylic acids is 1. The molecular weight excluding hydrogens is 258 g/mol. The second kappa shape index (κ2) is 6.23. The Bertz CT molecular complexity index is 584. The van der Waals surface area contributed by atoms with E-state index in [4.69, 9.17) is 9.52 Å². The number of rotatable bonds is 6. The van der Waals surface area contributed by atoms with Gasteiger partial charge in [-0.3, -0.25) is 9.59 Å². The summed E-state index contributed by atoms with van der Waals surface area (Å²) >= 11 is 0. The van der Waals surface area contributed by atoms with Crippen LogP contribution in [0.15, 0.2) is 34.7 Å². The topological polar surface area (TPSA) is 79.5 Å². The number of carbonyl (C=O) groups is 2. The molecule has 5 nitrogen and oxygen atoms in total. The predicted octanol–water partition coefficient (Wildman–Crippen LogP) is 2.52. The van der Waals surface area contributed by atoms with Crippen molar-refractivity contribution in [2.75, 3.05) is 6.54 Å². The monoisotopic (exact) mass is 275 g/mol. The largest absolute Gasteiger partial charge is 0.481 e. The van der Waals surface area contributed by atoms with Crippen LogP contribution in [0.3, 0.4) is 0 Å². The zero-order valence-electron chi connectivity index (χ0n) is 11.3. The van der Waals surface area contributed by atoms with Gasteiger partial charge in [0, 0.05) is 18.4 Å². The maximum atomic E-state index is 11.9. The van der Waals surface area contributed by atoms with E-state index in [0.717, 1.165) is 11.0 Å². The molecule has 1 amide bonds. The number of amides is 1. The summed E-state index contributed by atoms with van der Waals surface area (Å²) in [6.45, 7) is 2.12. The van der Waals surface area contributed by atoms with Crippen molar-refractivity contribution in [1.29, 1.82) is 0 Å². The average Bonchev–Trinajstić information content (AvgIpc) is 2.86. The Balaban J connectivity index is 1.94. The molecule has 0 spiro atoms. The van der Waals surface area contributed by atoms with Crippen LogP contribution in [0, 0.1) is 0 Å². The van der Waals surface area contributed by atoms with E-state index in [0.29, 0.717) is 18.7 Å². The van der Waals surface area contributed by atoms with Gasteiger partial charge in [0.2, 0.25) is 5.91 Å². The Morgan fingerprint density at radius 3 is 2.80 bits per heavy atom. The minimum Gasteiger partial charge on any atom is -0.481 e. The second-order valence-corrected chi connectivity index (χ2v) is 4.70. The third-order valence-corrected chi connectivity index (χ3v) is 3.13. The van der Waals surface area contributed by atoms with Crippen LogP contribution in [0.5, 0.6) is 0 Å². The molecule has 0 fully saturated rings. The van der Waals surface area contributed by atoms with E-state index in [1.807, 2.05) is 30.3 Å². The van der Waals surface area contributed by atoms with Crippen molar-refractivity contribution in [3.8, 4) is 0 Å². The van der Waals surface area contributed by atoms with E-state index in [-0.39, 0.29) is 12.3 Å². The van der Waals surface area contributed by atoms with Crippen LogP contribution in [0.4, 0.5) is 0 Å². The number of hydrogen-bond acceptors (Lipinski definition) is 3. The van der Waals surface area contributed by atoms with Crippen LogP contribution < -0.4 is 5.32 Å². The Kier molecular flexibility index (Phi) is 4.40. The molecule has 1 unspecified atom stereocenters. The number of benzene rings is 1. The highest BCUT2D eigenvalue weighted by Gasteiger charge is 2.18. The smallest absolute Gasteiger partial charge is 0.303 e. The second-order valence-electron chi connectivity index (χ2n) is 4.70. The maximum absolute atomic E-state index is 11.9. The van der Waals surface area contributed by atoms with Crippen molar-refractivity contribution in [1.82, 2.24) is 5.32 Å². The molecule has 106 valence electrons. The summed E-state index contributed by atoms with van der Waals surface area (Å²) in [7, 11) is 0. The third kappa shape index (κ3) is 3.38. The number of para-hydroxylation sites is 1. The van der Waals surface area contributed by atoms with Crippen LogP contribution in [0.1, 0.15) is 31.4 Å². The van der Waals surface area contributed by atoms with Gasteiger partial charge in [0.15, 0.2) is 0 Å². The van der Waals surface area contributed by atoms with Gasteiger partial charge < -0.3 is 14.8 Å². The van der Waals surface area contributed by atoms with E-state index in [2.05, 4.69) is 5.32 Å². The Morgan fingerprint density at radius 1 is 1.35 bits per heavy atom. The average molecular weight is 275 g/mol. The lowest BCUT2D eigenvalue weighted by molar-refractivity contribution is -0.137. The Hall–Kier alpha value is -2.30. The van der Waals surface area contributed by atoms with Gasteiger partial charge in [0.05, 0.1) is 5.92 Å². The van der Waals surface area contributed by atoms with Gasteiger partial charge in [-0.1, -0.05) is 18.2 Å². The molecule has 2 rings (SSSR count). The first kappa shape index (κ1) is 14.1. The summed E-state index contributed by atoms with van der Waals surface area (Å²) in [5.41, 5.74) is 0.757. The molecule has 1 aromatic heterocycles. The molecule has 0 radical (unpaired) electrons. The number of carboxylic acid groups (broad SMARTS) is 1. The molecule has 2 N–H and O–H groups in total. The number of furan rings is 1. The van der Waals surface area contributed by atoms with Gasteiger partial charge in [-0.15, -0.1) is 0 Å². The minimum atomic E-state index is -0.857. The SMILES string of the molecule is CC(C(=O)NCCCC(=O)O)c1cc2ccccc2o1. The van der Waals surface area contributed by atoms with Crippen molar-refractivity contribution >= 4 is 22.8 Å². The first-order chi connectivity index (χ1) is 9.58. The normalized spacial score (nSPS) is 12.2. The summed E-state index contributed by atoms with van der Waals surface area (Å²) in [4.78, 5) is 22.3. The van der Waals surface area contributed by atoms with Crippen molar-refractivity contribution in [3.63, 3.8) is 0 Å². The van der Waals surface area contributed by atoms with Gasteiger partial charge in [0.25, 0.3) is 0 Å². The molecule has 0 bridgehead atoms. The van der Waals surface area contributed by atoms with Crippen LogP contribution in [0.2, 0.25) is 0 Å². The number of hydrogen-bond donors (Lipinski definition) is 2. The predicted molar refractivity (Wildman–Crippen MR) is 74.5 cm³/mol. The van der Waals surface area contributed by atoms with Gasteiger partial charge in [-0.25, -0.2) is 0 Å². The highest BCUT2D eigenvalue weighted by atomic mass is 16.4. The molecule has 1 atom stereocenters. The molecule has 2 aromatic rings. The fourth-order valence-corrected chi connectivity index (χ4v) is 1.95. The molecule has 0 saturated carbocycles. The first-order valence-electron chi connectivity index (χ1n) is 6.56. The summed E-state index contributed by atoms with van der Waals surface area (Å²) < 4.78 is 5.64. The molecular formula is C15H17NO4. The highest BCUT2D eigenvalue weighted by molar-refractivity contribution is 5.85. The fraction of sp³-hybridized carbons (Fsp3) is 0.333. The van der Waals surface area contributed by atoms with Gasteiger partial charge in [-0.2, -0.15) is 0 Å². The van der Waals surface area contributed by atoms with Gasteiger partial charge in [0.1, 0.15) is 11.3 Å². The first-order valence-corrected chi connectivity index (χ1v) is 6.56. The quantitative estimate of drug-likeness (QED) is 0.794. The van der Waals surface area contributed by atoms with E-state index in [1.165, 1.54) is 0 Å². The van der Waals surface area contributed by atoms with E-state index < -0.39 is 11.9 Å². The lowest BCUT2D eigenvalue weighted by Crippen LogP contribution is -2.29. The third-order valence-electron chi connectivity index (χ3n) is 3.13. The summed E-state index contributed by atoms with van der Waals surface area (Å²) in [6.07, 6.45) is 0.479. The summed E-state index contributed by atoms with van der Waals surface area (Å²) in [5.74, 6) is -0.798. The van der Waals surface area contributed by atoms with Crippen LogP contribution >= 0.6 is 0 Å². The standard InChI is InChI=1S/C15H17NO4/c1-10(15(19)16-8-4-7-14(17)18)13-9-11-5-2-3-6-12(11)20-13/h2-3,5-6,9-10H,4,7-8H2,1H3,(H,16,19)(H,17,18). The number of nitrogens with one attached hydrogen (secondary N) is 1. The molecule has 1 aromatic carbocycles. The molecule has 1 heterocycles. The van der Waals surface area contributed by atoms with E-state index in [1.54, 1.807) is 6.92 Å². The van der Waals surface area contributed by atoms with Crippen molar-refractivity contribution in [3.05, 3.63) is 36.1 Å². The lowest BCUT2D eigenvalue weighted by atomic mass is 10.1. The highest BCUT2D eigenvalue weighted by Crippen LogP contribution is 2.24. The fourth-order valence-electron chi connectivity index (χ4n) is 1.95. The van der Waals surface area contributed by atoms with Crippen LogP contribution in [0.25, 0.3) is 11.0 Å². The van der Waals surface area contributed by atoms with Crippen molar-refractivity contribution < 1.29 is 19.1 Å². The van der Waals surface area contributed by atoms with Crippen LogP contribution in [-0.2, 0) is 9.59 Å². The van der Waals surface area contributed by atoms with E-state index in [9.17, 15) is 9.59 Å².